The third-order valence-electron chi connectivity index (χ3n) is 4.73. The molecule has 0 amide bonds. The first kappa shape index (κ1) is 23.7. The number of piperazine rings is 1. The fourth-order valence-electron chi connectivity index (χ4n) is 3.22. The molecular weight excluding hydrogens is 410 g/mol. The maximum absolute atomic E-state index is 10.3. The van der Waals surface area contributed by atoms with E-state index < -0.39 is 6.10 Å². The lowest BCUT2D eigenvalue weighted by Gasteiger charge is -2.37. The van der Waals surface area contributed by atoms with Crippen molar-refractivity contribution in [3.63, 3.8) is 0 Å². The minimum Gasteiger partial charge on any atom is -0.491 e. The molecule has 2 aromatic rings. The fourth-order valence-corrected chi connectivity index (χ4v) is 3.89. The van der Waals surface area contributed by atoms with Crippen LogP contribution in [-0.4, -0.2) is 67.0 Å². The van der Waals surface area contributed by atoms with E-state index in [1.54, 1.807) is 5.51 Å². The van der Waals surface area contributed by atoms with Gasteiger partial charge in [-0.05, 0) is 25.0 Å². The predicted octanol–water partition coefficient (Wildman–Crippen LogP) is 3.47. The first-order valence-electron chi connectivity index (χ1n) is 9.93. The van der Waals surface area contributed by atoms with Crippen molar-refractivity contribution in [1.82, 2.24) is 9.88 Å². The Labute approximate surface area is 183 Å². The zero-order valence-corrected chi connectivity index (χ0v) is 19.0. The number of anilines is 1. The minimum atomic E-state index is -0.505. The highest BCUT2D eigenvalue weighted by molar-refractivity contribution is 7.11. The maximum atomic E-state index is 10.3. The van der Waals surface area contributed by atoms with Gasteiger partial charge in [0.25, 0.3) is 0 Å². The quantitative estimate of drug-likeness (QED) is 0.643. The van der Waals surface area contributed by atoms with Gasteiger partial charge >= 0.3 is 0 Å². The van der Waals surface area contributed by atoms with Crippen LogP contribution in [0.1, 0.15) is 19.5 Å². The summed E-state index contributed by atoms with van der Waals surface area (Å²) < 4.78 is 11.7. The number of aliphatic hydroxyl groups is 1. The fraction of sp³-hybridized carbons (Fsp3) is 0.571. The van der Waals surface area contributed by atoms with Gasteiger partial charge in [-0.25, -0.2) is 4.98 Å². The monoisotopic (exact) mass is 441 g/mol. The van der Waals surface area contributed by atoms with Gasteiger partial charge in [0.15, 0.2) is 5.06 Å². The van der Waals surface area contributed by atoms with E-state index in [2.05, 4.69) is 40.8 Å². The largest absolute Gasteiger partial charge is 0.491 e. The number of nitrogens with zero attached hydrogens (tertiary/aromatic N) is 3. The molecule has 0 radical (unpaired) electrons. The Morgan fingerprint density at radius 2 is 1.83 bits per heavy atom. The Morgan fingerprint density at radius 1 is 1.10 bits per heavy atom. The van der Waals surface area contributed by atoms with Crippen LogP contribution >= 0.6 is 23.7 Å². The number of thiazole rings is 1. The summed E-state index contributed by atoms with van der Waals surface area (Å²) in [5, 5.41) is 11.1. The van der Waals surface area contributed by atoms with E-state index in [4.69, 9.17) is 9.47 Å². The molecular formula is C21H32ClN3O3S. The lowest BCUT2D eigenvalue weighted by Crippen LogP contribution is -2.49. The van der Waals surface area contributed by atoms with Gasteiger partial charge in [-0.1, -0.05) is 37.3 Å². The van der Waals surface area contributed by atoms with Crippen molar-refractivity contribution in [3.05, 3.63) is 35.5 Å². The number of β-amino-alcohol motifs (C(OH)–C–C–N with tert-alkyl or cyclic N) is 1. The molecule has 0 saturated carbocycles. The molecule has 6 nitrogen and oxygen atoms in total. The van der Waals surface area contributed by atoms with Crippen LogP contribution in [0.3, 0.4) is 0 Å². The Bertz CT molecular complexity index is 735. The molecule has 1 unspecified atom stereocenters. The van der Waals surface area contributed by atoms with Crippen molar-refractivity contribution in [3.8, 4) is 10.8 Å². The molecule has 1 saturated heterocycles. The van der Waals surface area contributed by atoms with Crippen LogP contribution in [0.4, 0.5) is 5.69 Å². The number of para-hydroxylation sites is 2. The van der Waals surface area contributed by atoms with Gasteiger partial charge in [0, 0.05) is 32.7 Å². The third-order valence-corrected chi connectivity index (χ3v) is 5.57. The van der Waals surface area contributed by atoms with Gasteiger partial charge in [0.05, 0.1) is 23.5 Å². The van der Waals surface area contributed by atoms with Crippen LogP contribution in [0.15, 0.2) is 29.8 Å². The molecule has 0 aliphatic carbocycles. The van der Waals surface area contributed by atoms with Gasteiger partial charge in [-0.15, -0.1) is 12.4 Å². The van der Waals surface area contributed by atoms with Crippen LogP contribution in [0.5, 0.6) is 10.8 Å². The zero-order valence-electron chi connectivity index (χ0n) is 17.4. The van der Waals surface area contributed by atoms with E-state index in [1.165, 1.54) is 11.3 Å². The molecule has 2 heterocycles. The second kappa shape index (κ2) is 11.6. The Kier molecular flexibility index (Phi) is 9.49. The zero-order chi connectivity index (χ0) is 19.9. The lowest BCUT2D eigenvalue weighted by molar-refractivity contribution is 0.0673. The topological polar surface area (TPSA) is 58.1 Å². The molecule has 1 fully saturated rings. The summed E-state index contributed by atoms with van der Waals surface area (Å²) in [7, 11) is 0. The Balaban J connectivity index is 0.00000300. The average Bonchev–Trinajstić information content (AvgIpc) is 3.10. The van der Waals surface area contributed by atoms with Crippen LogP contribution in [0.2, 0.25) is 0 Å². The number of hydrogen-bond acceptors (Lipinski definition) is 7. The molecule has 0 spiro atoms. The normalized spacial score (nSPS) is 15.8. The first-order chi connectivity index (χ1) is 13.5. The van der Waals surface area contributed by atoms with E-state index in [1.807, 2.05) is 19.1 Å². The van der Waals surface area contributed by atoms with Crippen molar-refractivity contribution in [2.75, 3.05) is 50.8 Å². The van der Waals surface area contributed by atoms with Gasteiger partial charge < -0.3 is 19.5 Å². The van der Waals surface area contributed by atoms with Gasteiger partial charge in [0.1, 0.15) is 18.5 Å². The number of aryl methyl sites for hydroxylation is 1. The van der Waals surface area contributed by atoms with Crippen LogP contribution in [0.25, 0.3) is 0 Å². The predicted molar refractivity (Wildman–Crippen MR) is 121 cm³/mol. The summed E-state index contributed by atoms with van der Waals surface area (Å²) in [4.78, 5) is 8.83. The molecule has 8 heteroatoms. The van der Waals surface area contributed by atoms with E-state index >= 15 is 0 Å². The molecule has 1 aromatic carbocycles. The number of aliphatic hydroxyl groups excluding tert-OH is 1. The standard InChI is InChI=1S/C21H31N3O3S.ClH/c1-16(2)13-26-20-7-5-4-6-19(20)24-10-8-23(9-11-24)12-18(25)14-27-21-17(3)22-15-28-21;/h4-7,15-16,18,25H,8-14H2,1-3H3;1H. The Hall–Kier alpha value is -1.54. The molecule has 162 valence electrons. The minimum absolute atomic E-state index is 0. The highest BCUT2D eigenvalue weighted by atomic mass is 35.5. The molecule has 1 N–H and O–H groups in total. The van der Waals surface area contributed by atoms with Gasteiger partial charge in [-0.3, -0.25) is 4.90 Å². The number of halogens is 1. The molecule has 1 aromatic heterocycles. The van der Waals surface area contributed by atoms with Crippen molar-refractivity contribution >= 4 is 29.4 Å². The van der Waals surface area contributed by atoms with Crippen LogP contribution < -0.4 is 14.4 Å². The lowest BCUT2D eigenvalue weighted by atomic mass is 10.2. The van der Waals surface area contributed by atoms with Crippen molar-refractivity contribution in [2.45, 2.75) is 26.9 Å². The van der Waals surface area contributed by atoms with Gasteiger partial charge in [-0.2, -0.15) is 0 Å². The molecule has 1 atom stereocenters. The second-order valence-electron chi connectivity index (χ2n) is 7.65. The van der Waals surface area contributed by atoms with Gasteiger partial charge in [0.2, 0.25) is 0 Å². The summed E-state index contributed by atoms with van der Waals surface area (Å²) in [5.74, 6) is 1.46. The number of ether oxygens (including phenoxy) is 2. The summed E-state index contributed by atoms with van der Waals surface area (Å²) in [6.07, 6.45) is -0.505. The third kappa shape index (κ3) is 7.03. The highest BCUT2D eigenvalue weighted by Gasteiger charge is 2.22. The number of rotatable bonds is 9. The highest BCUT2D eigenvalue weighted by Crippen LogP contribution is 2.29. The van der Waals surface area contributed by atoms with Crippen LogP contribution in [0, 0.1) is 12.8 Å². The van der Waals surface area contributed by atoms with E-state index in [9.17, 15) is 5.11 Å². The molecule has 0 bridgehead atoms. The smallest absolute Gasteiger partial charge is 0.197 e. The van der Waals surface area contributed by atoms with E-state index in [0.29, 0.717) is 19.1 Å². The Morgan fingerprint density at radius 3 is 2.48 bits per heavy atom. The summed E-state index contributed by atoms with van der Waals surface area (Å²) in [5.41, 5.74) is 3.80. The molecule has 1 aliphatic heterocycles. The molecule has 1 aliphatic rings. The summed E-state index contributed by atoms with van der Waals surface area (Å²) in [6.45, 7) is 11.5. The number of aromatic nitrogens is 1. The van der Waals surface area contributed by atoms with Crippen molar-refractivity contribution in [2.24, 2.45) is 5.92 Å². The average molecular weight is 442 g/mol. The number of benzene rings is 1. The second-order valence-corrected chi connectivity index (χ2v) is 8.47. The number of hydrogen-bond donors (Lipinski definition) is 1. The SMILES string of the molecule is Cc1ncsc1OCC(O)CN1CCN(c2ccccc2OCC(C)C)CC1.Cl. The van der Waals surface area contributed by atoms with E-state index in [-0.39, 0.29) is 12.4 Å². The molecule has 3 rings (SSSR count). The molecule has 29 heavy (non-hydrogen) atoms. The summed E-state index contributed by atoms with van der Waals surface area (Å²) >= 11 is 1.47. The van der Waals surface area contributed by atoms with E-state index in [0.717, 1.165) is 55.0 Å². The first-order valence-corrected chi connectivity index (χ1v) is 10.8. The van der Waals surface area contributed by atoms with Crippen LogP contribution in [-0.2, 0) is 0 Å². The van der Waals surface area contributed by atoms with Crippen molar-refractivity contribution in [1.29, 1.82) is 0 Å². The summed E-state index contributed by atoms with van der Waals surface area (Å²) in [6, 6.07) is 8.26. The van der Waals surface area contributed by atoms with Crippen molar-refractivity contribution < 1.29 is 14.6 Å². The maximum Gasteiger partial charge on any atom is 0.197 e.